The third-order valence-electron chi connectivity index (χ3n) is 6.72. The second-order valence-electron chi connectivity index (χ2n) is 9.19. The summed E-state index contributed by atoms with van der Waals surface area (Å²) < 4.78 is 6.03. The molecule has 0 radical (unpaired) electrons. The largest absolute Gasteiger partial charge is 0.457 e. The molecule has 1 heterocycles. The minimum atomic E-state index is -0.582. The lowest BCUT2D eigenvalue weighted by atomic mass is 9.92. The van der Waals surface area contributed by atoms with Gasteiger partial charge in [-0.25, -0.2) is 0 Å². The average Bonchev–Trinajstić information content (AvgIpc) is 3.20. The monoisotopic (exact) mass is 482 g/mol. The van der Waals surface area contributed by atoms with E-state index >= 15 is 0 Å². The van der Waals surface area contributed by atoms with Gasteiger partial charge in [0.05, 0.1) is 18.5 Å². The van der Waals surface area contributed by atoms with E-state index in [1.807, 2.05) is 61.5 Å². The topological polar surface area (TPSA) is 92.8 Å². The van der Waals surface area contributed by atoms with Gasteiger partial charge in [-0.1, -0.05) is 36.4 Å². The zero-order valence-corrected chi connectivity index (χ0v) is 19.9. The van der Waals surface area contributed by atoms with E-state index in [1.54, 1.807) is 18.2 Å². The van der Waals surface area contributed by atoms with Gasteiger partial charge in [0.1, 0.15) is 17.3 Å². The predicted octanol–water partition coefficient (Wildman–Crippen LogP) is 4.62. The van der Waals surface area contributed by atoms with Crippen LogP contribution < -0.4 is 10.1 Å². The molecule has 3 aromatic rings. The lowest BCUT2D eigenvalue weighted by Gasteiger charge is -2.29. The first-order valence-corrected chi connectivity index (χ1v) is 12.0. The molecule has 2 aliphatic rings. The number of para-hydroxylation sites is 2. The number of carbonyl (C=O) groups excluding carboxylic acids is 4. The highest BCUT2D eigenvalue weighted by molar-refractivity contribution is 6.08. The molecule has 1 saturated carbocycles. The number of hydrogen-bond donors (Lipinski definition) is 1. The molecule has 0 spiro atoms. The lowest BCUT2D eigenvalue weighted by molar-refractivity contribution is -0.133. The van der Waals surface area contributed by atoms with Crippen LogP contribution in [0.4, 0.5) is 0 Å². The number of ketones is 2. The maximum Gasteiger partial charge on any atom is 0.255 e. The minimum absolute atomic E-state index is 0.0794. The third kappa shape index (κ3) is 4.64. The average molecular weight is 483 g/mol. The summed E-state index contributed by atoms with van der Waals surface area (Å²) in [7, 11) is 0. The number of hydrogen-bond acceptors (Lipinski definition) is 5. The zero-order valence-electron chi connectivity index (χ0n) is 19.9. The number of fused-ring (bicyclic) bond motifs is 1. The molecule has 7 nitrogen and oxygen atoms in total. The Morgan fingerprint density at radius 1 is 1.00 bits per heavy atom. The Morgan fingerprint density at radius 2 is 1.75 bits per heavy atom. The molecule has 5 rings (SSSR count). The summed E-state index contributed by atoms with van der Waals surface area (Å²) >= 11 is 0. The van der Waals surface area contributed by atoms with E-state index in [0.717, 1.165) is 5.56 Å². The van der Waals surface area contributed by atoms with Crippen LogP contribution in [-0.4, -0.2) is 34.3 Å². The van der Waals surface area contributed by atoms with Crippen molar-refractivity contribution in [1.82, 2.24) is 10.2 Å². The molecule has 7 heteroatoms. The number of carbonyl (C=O) groups is 4. The molecule has 1 aliphatic heterocycles. The van der Waals surface area contributed by atoms with E-state index in [2.05, 4.69) is 5.32 Å². The molecule has 182 valence electrons. The first-order valence-electron chi connectivity index (χ1n) is 12.0. The fraction of sp³-hybridized carbons (Fsp3) is 0.241. The van der Waals surface area contributed by atoms with Crippen molar-refractivity contribution in [2.75, 3.05) is 0 Å². The highest BCUT2D eigenvalue weighted by Crippen LogP contribution is 2.31. The maximum atomic E-state index is 13.1. The van der Waals surface area contributed by atoms with Crippen molar-refractivity contribution in [3.8, 4) is 11.5 Å². The molecule has 1 fully saturated rings. The first kappa shape index (κ1) is 23.5. The van der Waals surface area contributed by atoms with Gasteiger partial charge >= 0.3 is 0 Å². The number of rotatable bonds is 6. The van der Waals surface area contributed by atoms with Gasteiger partial charge in [0.15, 0.2) is 5.78 Å². The van der Waals surface area contributed by atoms with Crippen LogP contribution in [0.2, 0.25) is 0 Å². The zero-order chi connectivity index (χ0) is 25.2. The minimum Gasteiger partial charge on any atom is -0.457 e. The number of ether oxygens (including phenoxy) is 1. The Hall–Kier alpha value is -4.26. The SMILES string of the molecule is C[C@H](NC(=O)c1ccc2c(c1)CN(C1CCC(=O)CC1=O)C2=O)c1ccccc1Oc1ccccc1. The standard InChI is InChI=1S/C29H26N2O5/c1-18(23-9-5-6-10-27(23)36-22-7-3-2-4-8-22)30-28(34)19-11-13-24-20(15-19)17-31(29(24)35)25-14-12-21(32)16-26(25)33/h2-11,13,15,18,25H,12,14,16-17H2,1H3,(H,30,34)/t18-,25?/m0/s1. The molecular weight excluding hydrogens is 456 g/mol. The van der Waals surface area contributed by atoms with Gasteiger partial charge in [0.2, 0.25) is 0 Å². The van der Waals surface area contributed by atoms with Crippen molar-refractivity contribution in [1.29, 1.82) is 0 Å². The Kier molecular flexibility index (Phi) is 6.38. The van der Waals surface area contributed by atoms with Crippen LogP contribution in [0.3, 0.4) is 0 Å². The molecule has 2 amide bonds. The highest BCUT2D eigenvalue weighted by Gasteiger charge is 2.39. The molecular formula is C29H26N2O5. The van der Waals surface area contributed by atoms with Gasteiger partial charge in [-0.15, -0.1) is 0 Å². The van der Waals surface area contributed by atoms with Crippen molar-refractivity contribution < 1.29 is 23.9 Å². The summed E-state index contributed by atoms with van der Waals surface area (Å²) in [6.07, 6.45) is 0.538. The normalized spacial score (nSPS) is 18.1. The van der Waals surface area contributed by atoms with Crippen LogP contribution in [-0.2, 0) is 16.1 Å². The molecule has 1 unspecified atom stereocenters. The van der Waals surface area contributed by atoms with Crippen molar-refractivity contribution in [3.05, 3.63) is 95.1 Å². The van der Waals surface area contributed by atoms with Crippen molar-refractivity contribution >= 4 is 23.4 Å². The highest BCUT2D eigenvalue weighted by atomic mass is 16.5. The maximum absolute atomic E-state index is 13.1. The predicted molar refractivity (Wildman–Crippen MR) is 133 cm³/mol. The van der Waals surface area contributed by atoms with Crippen molar-refractivity contribution in [2.45, 2.75) is 44.8 Å². The van der Waals surface area contributed by atoms with Crippen LogP contribution in [0.5, 0.6) is 11.5 Å². The van der Waals surface area contributed by atoms with Crippen LogP contribution in [0.25, 0.3) is 0 Å². The number of amides is 2. The number of nitrogens with one attached hydrogen (secondary N) is 1. The van der Waals surface area contributed by atoms with E-state index in [-0.39, 0.29) is 42.4 Å². The molecule has 0 aromatic heterocycles. The number of Topliss-reactive ketones (excluding diaryl/α,β-unsaturated/α-hetero) is 2. The second-order valence-corrected chi connectivity index (χ2v) is 9.19. The van der Waals surface area contributed by atoms with E-state index in [9.17, 15) is 19.2 Å². The fourth-order valence-electron chi connectivity index (χ4n) is 4.83. The van der Waals surface area contributed by atoms with E-state index in [4.69, 9.17) is 4.74 Å². The molecule has 0 bridgehead atoms. The molecule has 0 saturated heterocycles. The summed E-state index contributed by atoms with van der Waals surface area (Å²) in [6.45, 7) is 2.14. The number of benzene rings is 3. The van der Waals surface area contributed by atoms with Gasteiger partial charge in [-0.2, -0.15) is 0 Å². The number of nitrogens with zero attached hydrogens (tertiary/aromatic N) is 1. The van der Waals surface area contributed by atoms with E-state index < -0.39 is 6.04 Å². The Bertz CT molecular complexity index is 1350. The summed E-state index contributed by atoms with van der Waals surface area (Å²) in [5.74, 6) is 0.564. The van der Waals surface area contributed by atoms with Gasteiger partial charge in [0.25, 0.3) is 11.8 Å². The molecule has 3 aromatic carbocycles. The smallest absolute Gasteiger partial charge is 0.255 e. The molecule has 2 atom stereocenters. The fourth-order valence-corrected chi connectivity index (χ4v) is 4.83. The van der Waals surface area contributed by atoms with Crippen molar-refractivity contribution in [2.24, 2.45) is 0 Å². The van der Waals surface area contributed by atoms with Gasteiger partial charge in [-0.05, 0) is 55.3 Å². The molecule has 1 N–H and O–H groups in total. The molecule has 36 heavy (non-hydrogen) atoms. The molecule has 1 aliphatic carbocycles. The van der Waals surface area contributed by atoms with Gasteiger partial charge in [-0.3, -0.25) is 19.2 Å². The van der Waals surface area contributed by atoms with Crippen LogP contribution in [0.1, 0.15) is 64.1 Å². The Labute approximate surface area is 209 Å². The Morgan fingerprint density at radius 3 is 2.53 bits per heavy atom. The van der Waals surface area contributed by atoms with Crippen LogP contribution in [0, 0.1) is 0 Å². The summed E-state index contributed by atoms with van der Waals surface area (Å²) in [4.78, 5) is 51.5. The first-order chi connectivity index (χ1) is 17.4. The van der Waals surface area contributed by atoms with Gasteiger partial charge in [0, 0.05) is 29.7 Å². The van der Waals surface area contributed by atoms with E-state index in [1.165, 1.54) is 4.90 Å². The quantitative estimate of drug-likeness (QED) is 0.518. The third-order valence-corrected chi connectivity index (χ3v) is 6.72. The van der Waals surface area contributed by atoms with Crippen LogP contribution in [0.15, 0.2) is 72.8 Å². The summed E-state index contributed by atoms with van der Waals surface area (Å²) in [5, 5.41) is 3.02. The lowest BCUT2D eigenvalue weighted by Crippen LogP contribution is -2.44. The summed E-state index contributed by atoms with van der Waals surface area (Å²) in [5.41, 5.74) is 2.47. The van der Waals surface area contributed by atoms with Gasteiger partial charge < -0.3 is 15.0 Å². The summed E-state index contributed by atoms with van der Waals surface area (Å²) in [6, 6.07) is 21.1. The van der Waals surface area contributed by atoms with Crippen LogP contribution >= 0.6 is 0 Å². The van der Waals surface area contributed by atoms with E-state index in [0.29, 0.717) is 41.0 Å². The second kappa shape index (κ2) is 9.77. The van der Waals surface area contributed by atoms with Crippen molar-refractivity contribution in [3.63, 3.8) is 0 Å². The Balaban J connectivity index is 1.30.